The first-order valence-electron chi connectivity index (χ1n) is 10.6. The molecule has 2 amide bonds. The number of hydrogen-bond acceptors (Lipinski definition) is 4. The van der Waals surface area contributed by atoms with Gasteiger partial charge in [-0.05, 0) is 62.4 Å². The van der Waals surface area contributed by atoms with Crippen LogP contribution in [0.5, 0.6) is 5.75 Å². The number of amides is 2. The summed E-state index contributed by atoms with van der Waals surface area (Å²) in [6, 6.07) is 13.8. The maximum Gasteiger partial charge on any atom is 0.277 e. The van der Waals surface area contributed by atoms with E-state index in [-0.39, 0.29) is 25.0 Å². The number of hydrogen-bond donors (Lipinski definition) is 0. The van der Waals surface area contributed by atoms with Crippen molar-refractivity contribution in [2.75, 3.05) is 26.2 Å². The lowest BCUT2D eigenvalue weighted by molar-refractivity contribution is -0.137. The van der Waals surface area contributed by atoms with Gasteiger partial charge in [0, 0.05) is 13.1 Å². The molecule has 156 valence electrons. The molecule has 1 fully saturated rings. The third-order valence-corrected chi connectivity index (χ3v) is 5.68. The molecule has 0 N–H and O–H groups in total. The molecule has 2 aliphatic rings. The molecule has 0 radical (unpaired) electrons. The van der Waals surface area contributed by atoms with Crippen molar-refractivity contribution in [3.05, 3.63) is 70.4 Å². The Morgan fingerprint density at radius 1 is 0.833 bits per heavy atom. The Labute approximate surface area is 177 Å². The molecule has 30 heavy (non-hydrogen) atoms. The Hall–Kier alpha value is -3.08. The molecule has 0 unspecified atom stereocenters. The van der Waals surface area contributed by atoms with E-state index < -0.39 is 0 Å². The SMILES string of the molecule is Cc1ccc(C2=C(N3CCCC3)C(=O)N(CCOc3cc(C)cc(C)c3)C2=O)cc1. The van der Waals surface area contributed by atoms with Crippen molar-refractivity contribution in [1.82, 2.24) is 9.80 Å². The standard InChI is InChI=1S/C25H28N2O3/c1-17-6-8-20(9-7-17)22-23(26-10-4-5-11-26)25(29)27(24(22)28)12-13-30-21-15-18(2)14-19(3)16-21/h6-9,14-16H,4-5,10-13H2,1-3H3. The van der Waals surface area contributed by atoms with Gasteiger partial charge in [0.15, 0.2) is 0 Å². The van der Waals surface area contributed by atoms with Crippen LogP contribution in [0.3, 0.4) is 0 Å². The summed E-state index contributed by atoms with van der Waals surface area (Å²) in [7, 11) is 0. The zero-order valence-corrected chi connectivity index (χ0v) is 17.9. The number of likely N-dealkylation sites (tertiary alicyclic amines) is 1. The molecule has 5 heteroatoms. The van der Waals surface area contributed by atoms with E-state index in [1.54, 1.807) is 0 Å². The fourth-order valence-corrected chi connectivity index (χ4v) is 4.25. The van der Waals surface area contributed by atoms with Gasteiger partial charge in [-0.3, -0.25) is 14.5 Å². The van der Waals surface area contributed by atoms with Crippen molar-refractivity contribution in [3.63, 3.8) is 0 Å². The minimum atomic E-state index is -0.227. The highest BCUT2D eigenvalue weighted by atomic mass is 16.5. The molecule has 0 aromatic heterocycles. The first-order chi connectivity index (χ1) is 14.4. The maximum atomic E-state index is 13.3. The summed E-state index contributed by atoms with van der Waals surface area (Å²) in [5.74, 6) is 0.328. The molecule has 0 saturated carbocycles. The third-order valence-electron chi connectivity index (χ3n) is 5.68. The molecule has 2 aromatic rings. The van der Waals surface area contributed by atoms with Crippen molar-refractivity contribution in [3.8, 4) is 5.75 Å². The Balaban J connectivity index is 1.55. The van der Waals surface area contributed by atoms with E-state index in [0.717, 1.165) is 53.9 Å². The molecular weight excluding hydrogens is 376 g/mol. The summed E-state index contributed by atoms with van der Waals surface area (Å²) >= 11 is 0. The summed E-state index contributed by atoms with van der Waals surface area (Å²) in [6.45, 7) is 8.19. The number of rotatable bonds is 6. The second-order valence-corrected chi connectivity index (χ2v) is 8.22. The second kappa shape index (κ2) is 8.34. The zero-order chi connectivity index (χ0) is 21.3. The van der Waals surface area contributed by atoms with Crippen molar-refractivity contribution in [2.24, 2.45) is 0 Å². The van der Waals surface area contributed by atoms with E-state index in [9.17, 15) is 9.59 Å². The van der Waals surface area contributed by atoms with Crippen LogP contribution in [0, 0.1) is 20.8 Å². The van der Waals surface area contributed by atoms with Crippen LogP contribution in [-0.2, 0) is 9.59 Å². The summed E-state index contributed by atoms with van der Waals surface area (Å²) in [4.78, 5) is 29.9. The summed E-state index contributed by atoms with van der Waals surface area (Å²) in [6.07, 6.45) is 2.09. The van der Waals surface area contributed by atoms with E-state index in [4.69, 9.17) is 4.74 Å². The quantitative estimate of drug-likeness (QED) is 0.686. The van der Waals surface area contributed by atoms with Gasteiger partial charge in [-0.15, -0.1) is 0 Å². The Morgan fingerprint density at radius 2 is 1.47 bits per heavy atom. The average Bonchev–Trinajstić information content (AvgIpc) is 3.30. The molecular formula is C25H28N2O3. The maximum absolute atomic E-state index is 13.3. The van der Waals surface area contributed by atoms with E-state index >= 15 is 0 Å². The van der Waals surface area contributed by atoms with Gasteiger partial charge in [-0.25, -0.2) is 0 Å². The predicted octanol–water partition coefficient (Wildman–Crippen LogP) is 3.87. The van der Waals surface area contributed by atoms with Gasteiger partial charge in [0.2, 0.25) is 0 Å². The van der Waals surface area contributed by atoms with Crippen molar-refractivity contribution in [2.45, 2.75) is 33.6 Å². The van der Waals surface area contributed by atoms with Crippen LogP contribution >= 0.6 is 0 Å². The number of aryl methyl sites for hydroxylation is 3. The smallest absolute Gasteiger partial charge is 0.277 e. The van der Waals surface area contributed by atoms with Crippen molar-refractivity contribution >= 4 is 17.4 Å². The molecule has 2 aromatic carbocycles. The van der Waals surface area contributed by atoms with E-state index in [1.165, 1.54) is 4.90 Å². The number of nitrogens with zero attached hydrogens (tertiary/aromatic N) is 2. The minimum Gasteiger partial charge on any atom is -0.492 e. The molecule has 0 atom stereocenters. The van der Waals surface area contributed by atoms with Crippen LogP contribution in [0.1, 0.15) is 35.1 Å². The zero-order valence-electron chi connectivity index (χ0n) is 17.9. The molecule has 4 rings (SSSR count). The number of carbonyl (C=O) groups is 2. The topological polar surface area (TPSA) is 49.9 Å². The summed E-state index contributed by atoms with van der Waals surface area (Å²) in [5.41, 5.74) is 5.24. The highest BCUT2D eigenvalue weighted by Gasteiger charge is 2.41. The lowest BCUT2D eigenvalue weighted by Gasteiger charge is -2.20. The molecule has 2 aliphatic heterocycles. The predicted molar refractivity (Wildman–Crippen MR) is 117 cm³/mol. The van der Waals surface area contributed by atoms with Crippen molar-refractivity contribution < 1.29 is 14.3 Å². The lowest BCUT2D eigenvalue weighted by Crippen LogP contribution is -2.37. The van der Waals surface area contributed by atoms with Gasteiger partial charge < -0.3 is 9.64 Å². The monoisotopic (exact) mass is 404 g/mol. The van der Waals surface area contributed by atoms with E-state index in [0.29, 0.717) is 11.3 Å². The second-order valence-electron chi connectivity index (χ2n) is 8.22. The molecule has 0 bridgehead atoms. The summed E-state index contributed by atoms with van der Waals surface area (Å²) in [5, 5.41) is 0. The number of carbonyl (C=O) groups excluding carboxylic acids is 2. The molecule has 0 aliphatic carbocycles. The summed E-state index contributed by atoms with van der Waals surface area (Å²) < 4.78 is 5.87. The van der Waals surface area contributed by atoms with Crippen LogP contribution in [-0.4, -0.2) is 47.9 Å². The number of imide groups is 1. The third kappa shape index (κ3) is 3.97. The van der Waals surface area contributed by atoms with Crippen LogP contribution in [0.15, 0.2) is 48.2 Å². The first-order valence-corrected chi connectivity index (χ1v) is 10.6. The van der Waals surface area contributed by atoms with Gasteiger partial charge in [-0.1, -0.05) is 35.9 Å². The Morgan fingerprint density at radius 3 is 2.10 bits per heavy atom. The number of benzene rings is 2. The average molecular weight is 405 g/mol. The molecule has 0 spiro atoms. The van der Waals surface area contributed by atoms with Gasteiger partial charge in [-0.2, -0.15) is 0 Å². The Kier molecular flexibility index (Phi) is 5.62. The molecule has 1 saturated heterocycles. The van der Waals surface area contributed by atoms with Gasteiger partial charge in [0.25, 0.3) is 11.8 Å². The van der Waals surface area contributed by atoms with Gasteiger partial charge >= 0.3 is 0 Å². The van der Waals surface area contributed by atoms with Crippen LogP contribution in [0.2, 0.25) is 0 Å². The molecule has 5 nitrogen and oxygen atoms in total. The Bertz CT molecular complexity index is 981. The van der Waals surface area contributed by atoms with Gasteiger partial charge in [0.05, 0.1) is 12.1 Å². The highest BCUT2D eigenvalue weighted by molar-refractivity contribution is 6.35. The first kappa shape index (κ1) is 20.2. The van der Waals surface area contributed by atoms with Crippen molar-refractivity contribution in [1.29, 1.82) is 0 Å². The van der Waals surface area contributed by atoms with E-state index in [1.807, 2.05) is 57.2 Å². The van der Waals surface area contributed by atoms with E-state index in [2.05, 4.69) is 11.0 Å². The minimum absolute atomic E-state index is 0.207. The normalized spacial score (nSPS) is 16.8. The fraction of sp³-hybridized carbons (Fsp3) is 0.360. The molecule has 2 heterocycles. The number of ether oxygens (including phenoxy) is 1. The lowest BCUT2D eigenvalue weighted by atomic mass is 10.0. The van der Waals surface area contributed by atoms with Gasteiger partial charge in [0.1, 0.15) is 18.1 Å². The van der Waals surface area contributed by atoms with Crippen LogP contribution in [0.4, 0.5) is 0 Å². The highest BCUT2D eigenvalue weighted by Crippen LogP contribution is 2.33. The fourth-order valence-electron chi connectivity index (χ4n) is 4.25. The largest absolute Gasteiger partial charge is 0.492 e. The van der Waals surface area contributed by atoms with Crippen LogP contribution < -0.4 is 4.74 Å². The van der Waals surface area contributed by atoms with Crippen LogP contribution in [0.25, 0.3) is 5.57 Å².